The van der Waals surface area contributed by atoms with E-state index < -0.39 is 0 Å². The van der Waals surface area contributed by atoms with Crippen molar-refractivity contribution >= 4 is 5.78 Å². The molecule has 90 valence electrons. The van der Waals surface area contributed by atoms with Gasteiger partial charge >= 0.3 is 0 Å². The molecule has 2 nitrogen and oxygen atoms in total. The van der Waals surface area contributed by atoms with E-state index in [0.29, 0.717) is 12.8 Å². The molecule has 1 unspecified atom stereocenters. The van der Waals surface area contributed by atoms with Crippen molar-refractivity contribution in [2.45, 2.75) is 18.4 Å². The molecule has 1 aliphatic rings. The SMILES string of the molecule is CN(C)C1(c2cccc(F)c2)C=CC(=O)CC1. The van der Waals surface area contributed by atoms with Crippen molar-refractivity contribution in [2.24, 2.45) is 0 Å². The van der Waals surface area contributed by atoms with Gasteiger partial charge in [0.25, 0.3) is 0 Å². The molecule has 0 radical (unpaired) electrons. The van der Waals surface area contributed by atoms with Crippen molar-refractivity contribution in [1.82, 2.24) is 4.90 Å². The van der Waals surface area contributed by atoms with Crippen LogP contribution in [-0.2, 0) is 10.3 Å². The Balaban J connectivity index is 2.49. The number of hydrogen-bond acceptors (Lipinski definition) is 2. The summed E-state index contributed by atoms with van der Waals surface area (Å²) in [5.41, 5.74) is 0.530. The summed E-state index contributed by atoms with van der Waals surface area (Å²) in [5.74, 6) is -0.104. The summed E-state index contributed by atoms with van der Waals surface area (Å²) in [7, 11) is 3.90. The lowest BCUT2D eigenvalue weighted by atomic mass is 9.80. The average molecular weight is 233 g/mol. The molecule has 0 saturated heterocycles. The van der Waals surface area contributed by atoms with Crippen molar-refractivity contribution in [3.05, 3.63) is 47.8 Å². The number of carbonyl (C=O) groups is 1. The molecule has 2 rings (SSSR count). The maximum Gasteiger partial charge on any atom is 0.155 e. The Morgan fingerprint density at radius 3 is 2.65 bits per heavy atom. The van der Waals surface area contributed by atoms with E-state index in [2.05, 4.69) is 0 Å². The Labute approximate surface area is 101 Å². The minimum Gasteiger partial charge on any atom is -0.296 e. The summed E-state index contributed by atoms with van der Waals surface area (Å²) in [6.45, 7) is 0. The molecule has 1 aromatic carbocycles. The van der Waals surface area contributed by atoms with E-state index in [0.717, 1.165) is 5.56 Å². The molecule has 0 bridgehead atoms. The highest BCUT2D eigenvalue weighted by atomic mass is 19.1. The molecule has 1 aromatic rings. The van der Waals surface area contributed by atoms with Gasteiger partial charge in [0, 0.05) is 6.42 Å². The second-order valence-corrected chi connectivity index (χ2v) is 4.63. The van der Waals surface area contributed by atoms with Crippen molar-refractivity contribution in [2.75, 3.05) is 14.1 Å². The molecule has 1 atom stereocenters. The largest absolute Gasteiger partial charge is 0.296 e. The zero-order valence-corrected chi connectivity index (χ0v) is 10.1. The van der Waals surface area contributed by atoms with Crippen molar-refractivity contribution in [3.8, 4) is 0 Å². The highest BCUT2D eigenvalue weighted by Crippen LogP contribution is 2.36. The van der Waals surface area contributed by atoms with E-state index in [1.165, 1.54) is 6.07 Å². The molecule has 17 heavy (non-hydrogen) atoms. The first kappa shape index (κ1) is 12.0. The van der Waals surface area contributed by atoms with Gasteiger partial charge in [0.2, 0.25) is 0 Å². The van der Waals surface area contributed by atoms with Gasteiger partial charge in [-0.2, -0.15) is 0 Å². The zero-order valence-electron chi connectivity index (χ0n) is 10.1. The molecule has 3 heteroatoms. The van der Waals surface area contributed by atoms with Crippen LogP contribution in [0.2, 0.25) is 0 Å². The maximum absolute atomic E-state index is 13.3. The van der Waals surface area contributed by atoms with Gasteiger partial charge in [0.05, 0.1) is 5.54 Å². The van der Waals surface area contributed by atoms with Crippen LogP contribution in [0.5, 0.6) is 0 Å². The van der Waals surface area contributed by atoms with Crippen LogP contribution in [0.1, 0.15) is 18.4 Å². The monoisotopic (exact) mass is 233 g/mol. The van der Waals surface area contributed by atoms with E-state index in [9.17, 15) is 9.18 Å². The van der Waals surface area contributed by atoms with E-state index in [4.69, 9.17) is 0 Å². The lowest BCUT2D eigenvalue weighted by molar-refractivity contribution is -0.115. The van der Waals surface area contributed by atoms with Gasteiger partial charge in [-0.1, -0.05) is 18.2 Å². The minimum absolute atomic E-state index is 0.138. The number of rotatable bonds is 2. The van der Waals surface area contributed by atoms with Crippen LogP contribution < -0.4 is 0 Å². The summed E-state index contributed by atoms with van der Waals surface area (Å²) in [6.07, 6.45) is 4.69. The Morgan fingerprint density at radius 2 is 2.12 bits per heavy atom. The van der Waals surface area contributed by atoms with Gasteiger partial charge in [-0.3, -0.25) is 9.69 Å². The molecule has 0 amide bonds. The Hall–Kier alpha value is -1.48. The number of halogens is 1. The van der Waals surface area contributed by atoms with E-state index in [1.54, 1.807) is 18.2 Å². The second-order valence-electron chi connectivity index (χ2n) is 4.63. The summed E-state index contributed by atoms with van der Waals surface area (Å²) >= 11 is 0. The molecule has 0 aliphatic heterocycles. The van der Waals surface area contributed by atoms with Crippen molar-refractivity contribution in [1.29, 1.82) is 0 Å². The number of ketones is 1. The fourth-order valence-corrected chi connectivity index (χ4v) is 2.34. The van der Waals surface area contributed by atoms with Crippen LogP contribution >= 0.6 is 0 Å². The summed E-state index contributed by atoms with van der Waals surface area (Å²) < 4.78 is 13.3. The van der Waals surface area contributed by atoms with E-state index in [1.807, 2.05) is 31.1 Å². The Morgan fingerprint density at radius 1 is 1.35 bits per heavy atom. The smallest absolute Gasteiger partial charge is 0.155 e. The quantitative estimate of drug-likeness (QED) is 0.782. The molecule has 0 spiro atoms. The minimum atomic E-state index is -0.365. The number of allylic oxidation sites excluding steroid dienone is 1. The average Bonchev–Trinajstić information content (AvgIpc) is 2.30. The third-order valence-electron chi connectivity index (χ3n) is 3.42. The van der Waals surface area contributed by atoms with Gasteiger partial charge in [0.15, 0.2) is 5.78 Å². The normalized spacial score (nSPS) is 24.4. The van der Waals surface area contributed by atoms with E-state index >= 15 is 0 Å². The van der Waals surface area contributed by atoms with Gasteiger partial charge in [0.1, 0.15) is 5.82 Å². The topological polar surface area (TPSA) is 20.3 Å². The highest BCUT2D eigenvalue weighted by Gasteiger charge is 2.34. The van der Waals surface area contributed by atoms with Gasteiger partial charge in [-0.05, 0) is 44.3 Å². The lowest BCUT2D eigenvalue weighted by Crippen LogP contribution is -2.41. The van der Waals surface area contributed by atoms with Crippen LogP contribution in [0.15, 0.2) is 36.4 Å². The predicted molar refractivity (Wildman–Crippen MR) is 65.1 cm³/mol. The number of nitrogens with zero attached hydrogens (tertiary/aromatic N) is 1. The fraction of sp³-hybridized carbons (Fsp3) is 0.357. The molecule has 0 heterocycles. The molecule has 0 saturated carbocycles. The fourth-order valence-electron chi connectivity index (χ4n) is 2.34. The number of benzene rings is 1. The van der Waals surface area contributed by atoms with Crippen LogP contribution in [-0.4, -0.2) is 24.8 Å². The van der Waals surface area contributed by atoms with Crippen LogP contribution in [0.4, 0.5) is 4.39 Å². The third kappa shape index (κ3) is 2.15. The highest BCUT2D eigenvalue weighted by molar-refractivity contribution is 5.91. The second kappa shape index (κ2) is 4.41. The summed E-state index contributed by atoms with van der Waals surface area (Å²) in [5, 5.41) is 0. The number of hydrogen-bond donors (Lipinski definition) is 0. The first-order chi connectivity index (χ1) is 8.04. The Kier molecular flexibility index (Phi) is 3.11. The standard InChI is InChI=1S/C14H16FNO/c1-16(2)14(8-6-13(17)7-9-14)11-4-3-5-12(15)10-11/h3-6,8,10H,7,9H2,1-2H3. The van der Waals surface area contributed by atoms with Gasteiger partial charge in [-0.25, -0.2) is 4.39 Å². The number of likely N-dealkylation sites (N-methyl/N-ethyl adjacent to an activating group) is 1. The summed E-state index contributed by atoms with van der Waals surface area (Å²) in [6, 6.07) is 6.59. The van der Waals surface area contributed by atoms with Gasteiger partial charge < -0.3 is 0 Å². The van der Waals surface area contributed by atoms with Crippen LogP contribution in [0.3, 0.4) is 0 Å². The molecule has 1 aliphatic carbocycles. The summed E-state index contributed by atoms with van der Waals surface area (Å²) in [4.78, 5) is 13.3. The third-order valence-corrected chi connectivity index (χ3v) is 3.42. The molecule has 0 fully saturated rings. The molecular weight excluding hydrogens is 217 g/mol. The Bertz CT molecular complexity index is 467. The lowest BCUT2D eigenvalue weighted by Gasteiger charge is -2.39. The van der Waals surface area contributed by atoms with Crippen LogP contribution in [0, 0.1) is 5.82 Å². The van der Waals surface area contributed by atoms with Crippen LogP contribution in [0.25, 0.3) is 0 Å². The first-order valence-corrected chi connectivity index (χ1v) is 5.70. The van der Waals surface area contributed by atoms with Crippen molar-refractivity contribution < 1.29 is 9.18 Å². The van der Waals surface area contributed by atoms with Gasteiger partial charge in [-0.15, -0.1) is 0 Å². The zero-order chi connectivity index (χ0) is 12.5. The molecule has 0 aromatic heterocycles. The molecular formula is C14H16FNO. The first-order valence-electron chi connectivity index (χ1n) is 5.70. The predicted octanol–water partition coefficient (Wildman–Crippen LogP) is 2.50. The maximum atomic E-state index is 13.3. The van der Waals surface area contributed by atoms with E-state index in [-0.39, 0.29) is 17.1 Å². The van der Waals surface area contributed by atoms with Crippen molar-refractivity contribution in [3.63, 3.8) is 0 Å². The number of carbonyl (C=O) groups excluding carboxylic acids is 1. The molecule has 0 N–H and O–H groups in total.